The lowest BCUT2D eigenvalue weighted by molar-refractivity contribution is -0.147. The van der Waals surface area contributed by atoms with Crippen molar-refractivity contribution in [3.63, 3.8) is 0 Å². The first-order chi connectivity index (χ1) is 5.27. The van der Waals surface area contributed by atoms with Crippen molar-refractivity contribution in [3.05, 3.63) is 24.3 Å². The molecule has 11 heavy (non-hydrogen) atoms. The quantitative estimate of drug-likeness (QED) is 0.416. The lowest BCUT2D eigenvalue weighted by Crippen LogP contribution is -2.24. The Kier molecular flexibility index (Phi) is 1.19. The van der Waals surface area contributed by atoms with Crippen LogP contribution in [0.4, 0.5) is 0 Å². The summed E-state index contributed by atoms with van der Waals surface area (Å²) in [5.41, 5.74) is -0.403. The second-order valence-corrected chi connectivity index (χ2v) is 3.12. The summed E-state index contributed by atoms with van der Waals surface area (Å²) in [6.45, 7) is 0. The number of carbonyl (C=O) groups excluding carboxylic acids is 1. The monoisotopic (exact) mass is 150 g/mol. The number of hydrogen-bond donors (Lipinski definition) is 0. The average molecular weight is 150 g/mol. The predicted octanol–water partition coefficient (Wildman–Crippen LogP) is 1.29. The molecule has 0 atom stereocenters. The summed E-state index contributed by atoms with van der Waals surface area (Å²) in [5, 5.41) is 0. The molecule has 0 aromatic carbocycles. The zero-order valence-electron chi connectivity index (χ0n) is 6.41. The number of fused-ring (bicyclic) bond motifs is 2. The van der Waals surface area contributed by atoms with Gasteiger partial charge in [0.15, 0.2) is 0 Å². The maximum atomic E-state index is 11.3. The number of carbonyl (C=O) groups is 1. The molecular formula is C9H10O2. The first kappa shape index (κ1) is 6.65. The van der Waals surface area contributed by atoms with E-state index in [1.54, 1.807) is 0 Å². The molecule has 2 aliphatic carbocycles. The Hall–Kier alpha value is -1.05. The van der Waals surface area contributed by atoms with Gasteiger partial charge in [0, 0.05) is 0 Å². The first-order valence-electron chi connectivity index (χ1n) is 3.74. The van der Waals surface area contributed by atoms with Gasteiger partial charge in [-0.15, -0.1) is 0 Å². The minimum absolute atomic E-state index is 0.134. The van der Waals surface area contributed by atoms with Crippen LogP contribution in [0.2, 0.25) is 0 Å². The van der Waals surface area contributed by atoms with E-state index in [9.17, 15) is 4.79 Å². The van der Waals surface area contributed by atoms with Crippen molar-refractivity contribution in [2.45, 2.75) is 6.42 Å². The summed E-state index contributed by atoms with van der Waals surface area (Å²) >= 11 is 0. The fourth-order valence-electron chi connectivity index (χ4n) is 1.78. The Labute approximate surface area is 65.5 Å². The second-order valence-electron chi connectivity index (χ2n) is 3.12. The van der Waals surface area contributed by atoms with Gasteiger partial charge in [-0.1, -0.05) is 24.3 Å². The third kappa shape index (κ3) is 0.754. The molecule has 2 nitrogen and oxygen atoms in total. The SMILES string of the molecule is COC(=O)C12C=CC(C=C1)C2. The molecule has 0 amide bonds. The topological polar surface area (TPSA) is 26.3 Å². The Bertz CT molecular complexity index is 236. The molecule has 0 saturated heterocycles. The van der Waals surface area contributed by atoms with Gasteiger partial charge in [0.2, 0.25) is 0 Å². The largest absolute Gasteiger partial charge is 0.468 e. The minimum Gasteiger partial charge on any atom is -0.468 e. The van der Waals surface area contributed by atoms with Crippen molar-refractivity contribution in [3.8, 4) is 0 Å². The van der Waals surface area contributed by atoms with Crippen LogP contribution in [-0.2, 0) is 9.53 Å². The highest BCUT2D eigenvalue weighted by molar-refractivity contribution is 5.83. The van der Waals surface area contributed by atoms with E-state index < -0.39 is 5.41 Å². The Balaban J connectivity index is 2.30. The molecule has 2 aliphatic rings. The molecule has 2 bridgehead atoms. The number of hydrogen-bond acceptors (Lipinski definition) is 2. The van der Waals surface area contributed by atoms with Crippen LogP contribution in [0.1, 0.15) is 6.42 Å². The Morgan fingerprint density at radius 3 is 2.55 bits per heavy atom. The predicted molar refractivity (Wildman–Crippen MR) is 40.8 cm³/mol. The standard InChI is InChI=1S/C9H10O2/c1-11-8(10)9-4-2-7(6-9)3-5-9/h2-5,7H,6H2,1H3. The van der Waals surface area contributed by atoms with Crippen LogP contribution < -0.4 is 0 Å². The smallest absolute Gasteiger partial charge is 0.319 e. The van der Waals surface area contributed by atoms with Crippen molar-refractivity contribution in [1.29, 1.82) is 0 Å². The molecule has 2 rings (SSSR count). The van der Waals surface area contributed by atoms with Crippen molar-refractivity contribution in [2.24, 2.45) is 11.3 Å². The summed E-state index contributed by atoms with van der Waals surface area (Å²) in [5.74, 6) is 0.333. The van der Waals surface area contributed by atoms with E-state index in [2.05, 4.69) is 12.2 Å². The van der Waals surface area contributed by atoms with Crippen molar-refractivity contribution in [2.75, 3.05) is 7.11 Å². The molecule has 0 heterocycles. The number of rotatable bonds is 1. The van der Waals surface area contributed by atoms with Crippen LogP contribution >= 0.6 is 0 Å². The summed E-state index contributed by atoms with van der Waals surface area (Å²) in [4.78, 5) is 11.3. The van der Waals surface area contributed by atoms with Crippen molar-refractivity contribution in [1.82, 2.24) is 0 Å². The maximum absolute atomic E-state index is 11.3. The second kappa shape index (κ2) is 1.97. The van der Waals surface area contributed by atoms with Crippen LogP contribution in [-0.4, -0.2) is 13.1 Å². The zero-order chi connectivity index (χ0) is 7.90. The normalized spacial score (nSPS) is 38.1. The van der Waals surface area contributed by atoms with Crippen LogP contribution in [0.3, 0.4) is 0 Å². The summed E-state index contributed by atoms with van der Waals surface area (Å²) < 4.78 is 4.71. The third-order valence-corrected chi connectivity index (χ3v) is 2.42. The number of ether oxygens (including phenoxy) is 1. The number of allylic oxidation sites excluding steroid dienone is 2. The summed E-state index contributed by atoms with van der Waals surface area (Å²) in [6.07, 6.45) is 8.90. The molecule has 58 valence electrons. The van der Waals surface area contributed by atoms with E-state index in [-0.39, 0.29) is 5.97 Å². The Morgan fingerprint density at radius 1 is 1.55 bits per heavy atom. The van der Waals surface area contributed by atoms with Gasteiger partial charge in [-0.3, -0.25) is 4.79 Å². The molecule has 0 saturated carbocycles. The Morgan fingerprint density at radius 2 is 2.18 bits per heavy atom. The molecule has 0 aromatic heterocycles. The van der Waals surface area contributed by atoms with Gasteiger partial charge in [0.25, 0.3) is 0 Å². The van der Waals surface area contributed by atoms with E-state index in [0.29, 0.717) is 5.92 Å². The lowest BCUT2D eigenvalue weighted by Gasteiger charge is -2.16. The molecule has 0 N–H and O–H groups in total. The van der Waals surface area contributed by atoms with Crippen LogP contribution in [0.5, 0.6) is 0 Å². The fraction of sp³-hybridized carbons (Fsp3) is 0.444. The number of esters is 1. The lowest BCUT2D eigenvalue weighted by atomic mass is 9.90. The van der Waals surface area contributed by atoms with Gasteiger partial charge in [-0.2, -0.15) is 0 Å². The summed E-state index contributed by atoms with van der Waals surface area (Å²) in [6, 6.07) is 0. The van der Waals surface area contributed by atoms with Gasteiger partial charge in [0.05, 0.1) is 7.11 Å². The zero-order valence-corrected chi connectivity index (χ0v) is 6.41. The fourth-order valence-corrected chi connectivity index (χ4v) is 1.78. The van der Waals surface area contributed by atoms with Gasteiger partial charge in [-0.25, -0.2) is 0 Å². The molecule has 0 radical (unpaired) electrons. The van der Waals surface area contributed by atoms with E-state index >= 15 is 0 Å². The molecule has 0 unspecified atom stereocenters. The highest BCUT2D eigenvalue weighted by Crippen LogP contribution is 2.44. The van der Waals surface area contributed by atoms with Gasteiger partial charge < -0.3 is 4.74 Å². The summed E-state index contributed by atoms with van der Waals surface area (Å²) in [7, 11) is 1.43. The molecule has 2 heteroatoms. The van der Waals surface area contributed by atoms with Crippen molar-refractivity contribution >= 4 is 5.97 Å². The molecule has 0 aliphatic heterocycles. The minimum atomic E-state index is -0.403. The van der Waals surface area contributed by atoms with Gasteiger partial charge in [-0.05, 0) is 12.3 Å². The van der Waals surface area contributed by atoms with Crippen LogP contribution in [0.25, 0.3) is 0 Å². The molecular weight excluding hydrogens is 140 g/mol. The van der Waals surface area contributed by atoms with Crippen molar-refractivity contribution < 1.29 is 9.53 Å². The molecule has 0 fully saturated rings. The molecule has 0 aromatic rings. The maximum Gasteiger partial charge on any atom is 0.319 e. The highest BCUT2D eigenvalue weighted by Gasteiger charge is 2.43. The van der Waals surface area contributed by atoms with E-state index in [4.69, 9.17) is 4.74 Å². The van der Waals surface area contributed by atoms with E-state index in [0.717, 1.165) is 6.42 Å². The third-order valence-electron chi connectivity index (χ3n) is 2.42. The van der Waals surface area contributed by atoms with E-state index in [1.807, 2.05) is 12.2 Å². The average Bonchev–Trinajstić information content (AvgIpc) is 2.62. The highest BCUT2D eigenvalue weighted by atomic mass is 16.5. The number of methoxy groups -OCH3 is 1. The van der Waals surface area contributed by atoms with Gasteiger partial charge >= 0.3 is 5.97 Å². The first-order valence-corrected chi connectivity index (χ1v) is 3.74. The van der Waals surface area contributed by atoms with E-state index in [1.165, 1.54) is 7.11 Å². The van der Waals surface area contributed by atoms with Crippen LogP contribution in [0.15, 0.2) is 24.3 Å². The van der Waals surface area contributed by atoms with Crippen LogP contribution in [0, 0.1) is 11.3 Å². The molecule has 0 spiro atoms. The van der Waals surface area contributed by atoms with Gasteiger partial charge in [0.1, 0.15) is 5.41 Å².